The Hall–Kier alpha value is -1.47. The van der Waals surface area contributed by atoms with Crippen LogP contribution in [0.5, 0.6) is 0 Å². The van der Waals surface area contributed by atoms with Gasteiger partial charge in [0.05, 0.1) is 12.7 Å². The molecule has 0 saturated carbocycles. The third-order valence-corrected chi connectivity index (χ3v) is 2.89. The molecule has 1 aromatic heterocycles. The highest BCUT2D eigenvalue weighted by molar-refractivity contribution is 5.90. The van der Waals surface area contributed by atoms with E-state index in [-0.39, 0.29) is 23.3 Å². The van der Waals surface area contributed by atoms with Crippen molar-refractivity contribution in [3.8, 4) is 0 Å². The van der Waals surface area contributed by atoms with E-state index in [4.69, 9.17) is 4.74 Å². The highest BCUT2D eigenvalue weighted by atomic mass is 16.5. The van der Waals surface area contributed by atoms with Crippen LogP contribution >= 0.6 is 0 Å². The summed E-state index contributed by atoms with van der Waals surface area (Å²) in [4.78, 5) is 16.1. The zero-order valence-electron chi connectivity index (χ0n) is 11.6. The second-order valence-corrected chi connectivity index (χ2v) is 5.66. The van der Waals surface area contributed by atoms with Gasteiger partial charge in [0, 0.05) is 25.0 Å². The zero-order valence-corrected chi connectivity index (χ0v) is 11.6. The monoisotopic (exact) mass is 267 g/mol. The average Bonchev–Trinajstić information content (AvgIpc) is 2.87. The van der Waals surface area contributed by atoms with Crippen molar-refractivity contribution in [2.24, 2.45) is 0 Å². The molecule has 1 aromatic rings. The lowest BCUT2D eigenvalue weighted by Crippen LogP contribution is -2.45. The van der Waals surface area contributed by atoms with Crippen molar-refractivity contribution in [3.05, 3.63) is 11.6 Å². The van der Waals surface area contributed by atoms with Gasteiger partial charge >= 0.3 is 0 Å². The summed E-state index contributed by atoms with van der Waals surface area (Å²) in [7, 11) is 0. The Morgan fingerprint density at radius 1 is 1.53 bits per heavy atom. The van der Waals surface area contributed by atoms with Gasteiger partial charge in [0.15, 0.2) is 0 Å². The van der Waals surface area contributed by atoms with E-state index in [1.165, 1.54) is 0 Å². The minimum absolute atomic E-state index is 0.0127. The van der Waals surface area contributed by atoms with Crippen LogP contribution < -0.4 is 10.6 Å². The Balaban J connectivity index is 1.87. The Labute approximate surface area is 112 Å². The van der Waals surface area contributed by atoms with E-state index in [0.717, 1.165) is 13.1 Å². The summed E-state index contributed by atoms with van der Waals surface area (Å²) in [6.07, 6.45) is 0.0127. The van der Waals surface area contributed by atoms with Crippen molar-refractivity contribution in [2.75, 3.05) is 26.2 Å². The predicted molar refractivity (Wildman–Crippen MR) is 70.0 cm³/mol. The number of H-pyrrole nitrogens is 1. The summed E-state index contributed by atoms with van der Waals surface area (Å²) in [6.45, 7) is 8.78. The van der Waals surface area contributed by atoms with Gasteiger partial charge in [0.2, 0.25) is 5.82 Å². The molecule has 19 heavy (non-hydrogen) atoms. The maximum absolute atomic E-state index is 11.9. The van der Waals surface area contributed by atoms with Crippen molar-refractivity contribution in [3.63, 3.8) is 0 Å². The smallest absolute Gasteiger partial charge is 0.291 e. The molecule has 106 valence electrons. The van der Waals surface area contributed by atoms with Gasteiger partial charge in [-0.1, -0.05) is 20.8 Å². The fraction of sp³-hybridized carbons (Fsp3) is 0.750. The molecule has 2 heterocycles. The number of morpholine rings is 1. The van der Waals surface area contributed by atoms with Crippen LogP contribution in [0.2, 0.25) is 0 Å². The van der Waals surface area contributed by atoms with Crippen molar-refractivity contribution in [1.82, 2.24) is 25.8 Å². The quantitative estimate of drug-likeness (QED) is 0.706. The molecule has 1 saturated heterocycles. The van der Waals surface area contributed by atoms with E-state index in [0.29, 0.717) is 19.0 Å². The summed E-state index contributed by atoms with van der Waals surface area (Å²) in [6, 6.07) is 0. The molecular formula is C12H21N5O2. The molecule has 1 aliphatic rings. The lowest BCUT2D eigenvalue weighted by atomic mass is 9.96. The molecular weight excluding hydrogens is 246 g/mol. The molecule has 2 rings (SSSR count). The predicted octanol–water partition coefficient (Wildman–Crippen LogP) is -0.180. The number of ether oxygens (including phenoxy) is 1. The molecule has 1 aliphatic heterocycles. The summed E-state index contributed by atoms with van der Waals surface area (Å²) >= 11 is 0. The van der Waals surface area contributed by atoms with Crippen LogP contribution in [0.3, 0.4) is 0 Å². The number of carbonyl (C=O) groups is 1. The molecule has 1 amide bonds. The number of rotatable bonds is 3. The van der Waals surface area contributed by atoms with Crippen molar-refractivity contribution in [2.45, 2.75) is 32.3 Å². The minimum atomic E-state index is -0.277. The summed E-state index contributed by atoms with van der Waals surface area (Å²) < 4.78 is 5.50. The van der Waals surface area contributed by atoms with E-state index in [1.807, 2.05) is 20.8 Å². The van der Waals surface area contributed by atoms with Gasteiger partial charge in [0.25, 0.3) is 5.91 Å². The van der Waals surface area contributed by atoms with Crippen LogP contribution in [-0.4, -0.2) is 53.4 Å². The number of hydrogen-bond acceptors (Lipinski definition) is 5. The largest absolute Gasteiger partial charge is 0.374 e. The Morgan fingerprint density at radius 3 is 2.89 bits per heavy atom. The van der Waals surface area contributed by atoms with E-state index >= 15 is 0 Å². The second-order valence-electron chi connectivity index (χ2n) is 5.66. The second kappa shape index (κ2) is 5.66. The third kappa shape index (κ3) is 3.74. The van der Waals surface area contributed by atoms with Crippen molar-refractivity contribution in [1.29, 1.82) is 0 Å². The molecule has 0 aromatic carbocycles. The van der Waals surface area contributed by atoms with Gasteiger partial charge in [-0.15, -0.1) is 5.10 Å². The number of amides is 1. The van der Waals surface area contributed by atoms with Crippen LogP contribution in [0.25, 0.3) is 0 Å². The minimum Gasteiger partial charge on any atom is -0.374 e. The third-order valence-electron chi connectivity index (χ3n) is 2.89. The van der Waals surface area contributed by atoms with E-state index < -0.39 is 0 Å². The standard InChI is InChI=1S/C12H21N5O2/c1-12(2,3)11-15-9(16-17-11)10(18)14-7-8-6-13-4-5-19-8/h8,13H,4-7H2,1-3H3,(H,14,18)(H,15,16,17). The maximum Gasteiger partial charge on any atom is 0.291 e. The van der Waals surface area contributed by atoms with E-state index in [2.05, 4.69) is 25.8 Å². The van der Waals surface area contributed by atoms with Gasteiger partial charge in [-0.05, 0) is 0 Å². The molecule has 7 heteroatoms. The van der Waals surface area contributed by atoms with Crippen LogP contribution in [-0.2, 0) is 10.2 Å². The Bertz CT molecular complexity index is 432. The number of carbonyl (C=O) groups excluding carboxylic acids is 1. The fourth-order valence-electron chi connectivity index (χ4n) is 1.74. The van der Waals surface area contributed by atoms with E-state index in [9.17, 15) is 4.79 Å². The number of nitrogens with one attached hydrogen (secondary N) is 3. The highest BCUT2D eigenvalue weighted by Crippen LogP contribution is 2.17. The first-order valence-corrected chi connectivity index (χ1v) is 6.50. The summed E-state index contributed by atoms with van der Waals surface area (Å²) in [5, 5.41) is 12.7. The number of aromatic amines is 1. The van der Waals surface area contributed by atoms with Gasteiger partial charge in [0.1, 0.15) is 5.82 Å². The number of hydrogen-bond donors (Lipinski definition) is 3. The molecule has 7 nitrogen and oxygen atoms in total. The molecule has 1 fully saturated rings. The first kappa shape index (κ1) is 14.0. The lowest BCUT2D eigenvalue weighted by Gasteiger charge is -2.23. The normalized spacial score (nSPS) is 20.3. The molecule has 3 N–H and O–H groups in total. The maximum atomic E-state index is 11.9. The van der Waals surface area contributed by atoms with Gasteiger partial charge in [-0.2, -0.15) is 0 Å². The SMILES string of the molecule is CC(C)(C)c1nc(C(=O)NCC2CNCCO2)n[nH]1. The van der Waals surface area contributed by atoms with Crippen LogP contribution in [0.1, 0.15) is 37.2 Å². The van der Waals surface area contributed by atoms with Crippen LogP contribution in [0.15, 0.2) is 0 Å². The van der Waals surface area contributed by atoms with Crippen LogP contribution in [0.4, 0.5) is 0 Å². The van der Waals surface area contributed by atoms with Gasteiger partial charge in [-0.25, -0.2) is 4.98 Å². The van der Waals surface area contributed by atoms with Gasteiger partial charge in [-0.3, -0.25) is 9.89 Å². The first-order valence-electron chi connectivity index (χ1n) is 6.50. The highest BCUT2D eigenvalue weighted by Gasteiger charge is 2.22. The average molecular weight is 267 g/mol. The van der Waals surface area contributed by atoms with Gasteiger partial charge < -0.3 is 15.4 Å². The van der Waals surface area contributed by atoms with Crippen molar-refractivity contribution >= 4 is 5.91 Å². The summed E-state index contributed by atoms with van der Waals surface area (Å²) in [5.74, 6) is 0.600. The number of nitrogens with zero attached hydrogens (tertiary/aromatic N) is 2. The first-order chi connectivity index (χ1) is 8.97. The molecule has 1 unspecified atom stereocenters. The number of aromatic nitrogens is 3. The lowest BCUT2D eigenvalue weighted by molar-refractivity contribution is 0.0286. The van der Waals surface area contributed by atoms with E-state index in [1.54, 1.807) is 0 Å². The Morgan fingerprint density at radius 2 is 2.32 bits per heavy atom. The fourth-order valence-corrected chi connectivity index (χ4v) is 1.74. The molecule has 0 aliphatic carbocycles. The Kier molecular flexibility index (Phi) is 4.16. The molecule has 0 bridgehead atoms. The zero-order chi connectivity index (χ0) is 13.9. The summed E-state index contributed by atoms with van der Waals surface area (Å²) in [5.41, 5.74) is -0.151. The van der Waals surface area contributed by atoms with Crippen LogP contribution in [0, 0.1) is 0 Å². The molecule has 1 atom stereocenters. The topological polar surface area (TPSA) is 91.9 Å². The molecule has 0 radical (unpaired) electrons. The van der Waals surface area contributed by atoms with Crippen molar-refractivity contribution < 1.29 is 9.53 Å². The molecule has 0 spiro atoms.